The van der Waals surface area contributed by atoms with Gasteiger partial charge < -0.3 is 5.32 Å². The summed E-state index contributed by atoms with van der Waals surface area (Å²) < 4.78 is 23.5. The predicted octanol–water partition coefficient (Wildman–Crippen LogP) is 3.40. The third-order valence-electron chi connectivity index (χ3n) is 2.64. The molecule has 2 aromatic rings. The maximum Gasteiger partial charge on any atom is 0.175 e. The number of anilines is 1. The number of benzene rings is 1. The second kappa shape index (κ2) is 5.99. The highest BCUT2D eigenvalue weighted by atomic mass is 35.5. The second-order valence-electron chi connectivity index (χ2n) is 4.19. The molecule has 1 N–H and O–H groups in total. The lowest BCUT2D eigenvalue weighted by atomic mass is 10.2. The van der Waals surface area contributed by atoms with Crippen LogP contribution >= 0.6 is 23.2 Å². The monoisotopic (exact) mass is 330 g/mol. The molecule has 0 spiro atoms. The summed E-state index contributed by atoms with van der Waals surface area (Å²) in [5.74, 6) is 0.553. The summed E-state index contributed by atoms with van der Waals surface area (Å²) in [5, 5.41) is 3.76. The fraction of sp³-hybridized carbons (Fsp3) is 0.154. The standard InChI is InChI=1S/C13H12Cl2N2O2S/c1-20(18,19)11-5-2-4-10(14)9(11)8-16-13-7-3-6-12(15)17-13/h2-7H,8H2,1H3,(H,16,17). The lowest BCUT2D eigenvalue weighted by molar-refractivity contribution is 0.601. The van der Waals surface area contributed by atoms with Crippen molar-refractivity contribution in [1.29, 1.82) is 0 Å². The molecule has 0 saturated carbocycles. The van der Waals surface area contributed by atoms with Crippen LogP contribution < -0.4 is 5.32 Å². The molecule has 0 amide bonds. The maximum absolute atomic E-state index is 11.7. The van der Waals surface area contributed by atoms with Crippen LogP contribution in [0.2, 0.25) is 10.2 Å². The molecular weight excluding hydrogens is 319 g/mol. The van der Waals surface area contributed by atoms with E-state index < -0.39 is 9.84 Å². The molecule has 2 rings (SSSR count). The van der Waals surface area contributed by atoms with Gasteiger partial charge in [-0.2, -0.15) is 0 Å². The van der Waals surface area contributed by atoms with Crippen molar-refractivity contribution in [2.75, 3.05) is 11.6 Å². The van der Waals surface area contributed by atoms with E-state index in [9.17, 15) is 8.42 Å². The number of hydrogen-bond donors (Lipinski definition) is 1. The van der Waals surface area contributed by atoms with E-state index in [0.717, 1.165) is 6.26 Å². The van der Waals surface area contributed by atoms with Crippen LogP contribution in [0.3, 0.4) is 0 Å². The molecule has 0 aliphatic rings. The fourth-order valence-electron chi connectivity index (χ4n) is 1.74. The van der Waals surface area contributed by atoms with Crippen LogP contribution in [-0.4, -0.2) is 19.7 Å². The van der Waals surface area contributed by atoms with E-state index in [2.05, 4.69) is 10.3 Å². The van der Waals surface area contributed by atoms with Crippen LogP contribution in [0.4, 0.5) is 5.82 Å². The second-order valence-corrected chi connectivity index (χ2v) is 6.97. The van der Waals surface area contributed by atoms with Gasteiger partial charge in [-0.1, -0.05) is 35.3 Å². The van der Waals surface area contributed by atoms with Gasteiger partial charge in [-0.25, -0.2) is 13.4 Å². The number of pyridine rings is 1. The van der Waals surface area contributed by atoms with E-state index in [-0.39, 0.29) is 11.4 Å². The van der Waals surface area contributed by atoms with Crippen LogP contribution in [-0.2, 0) is 16.4 Å². The molecule has 20 heavy (non-hydrogen) atoms. The highest BCUT2D eigenvalue weighted by molar-refractivity contribution is 7.90. The van der Waals surface area contributed by atoms with Crippen LogP contribution in [0, 0.1) is 0 Å². The number of nitrogens with one attached hydrogen (secondary N) is 1. The summed E-state index contributed by atoms with van der Waals surface area (Å²) >= 11 is 11.9. The molecule has 0 atom stereocenters. The van der Waals surface area contributed by atoms with E-state index in [0.29, 0.717) is 21.6 Å². The van der Waals surface area contributed by atoms with Crippen molar-refractivity contribution >= 4 is 38.9 Å². The normalized spacial score (nSPS) is 11.3. The summed E-state index contributed by atoms with van der Waals surface area (Å²) in [6.07, 6.45) is 1.15. The van der Waals surface area contributed by atoms with Gasteiger partial charge >= 0.3 is 0 Å². The molecular formula is C13H12Cl2N2O2S. The maximum atomic E-state index is 11.7. The smallest absolute Gasteiger partial charge is 0.175 e. The Morgan fingerprint density at radius 1 is 1.15 bits per heavy atom. The Morgan fingerprint density at radius 2 is 1.85 bits per heavy atom. The van der Waals surface area contributed by atoms with Gasteiger partial charge in [0.1, 0.15) is 11.0 Å². The number of nitrogens with zero attached hydrogens (tertiary/aromatic N) is 1. The molecule has 106 valence electrons. The van der Waals surface area contributed by atoms with E-state index in [1.807, 2.05) is 0 Å². The minimum atomic E-state index is -3.34. The van der Waals surface area contributed by atoms with E-state index in [1.165, 1.54) is 6.07 Å². The molecule has 1 heterocycles. The first-order valence-corrected chi connectivity index (χ1v) is 8.36. The third kappa shape index (κ3) is 3.62. The summed E-state index contributed by atoms with van der Waals surface area (Å²) in [5.41, 5.74) is 0.512. The number of rotatable bonds is 4. The number of sulfone groups is 1. The van der Waals surface area contributed by atoms with Gasteiger partial charge in [0.25, 0.3) is 0 Å². The van der Waals surface area contributed by atoms with Gasteiger partial charge in [-0.3, -0.25) is 0 Å². The summed E-state index contributed by atoms with van der Waals surface area (Å²) in [6, 6.07) is 9.94. The number of hydrogen-bond acceptors (Lipinski definition) is 4. The van der Waals surface area contributed by atoms with E-state index in [4.69, 9.17) is 23.2 Å². The predicted molar refractivity (Wildman–Crippen MR) is 81.1 cm³/mol. The fourth-order valence-corrected chi connectivity index (χ4v) is 3.16. The van der Waals surface area contributed by atoms with Crippen LogP contribution in [0.25, 0.3) is 0 Å². The Morgan fingerprint density at radius 3 is 2.50 bits per heavy atom. The summed E-state index contributed by atoms with van der Waals surface area (Å²) in [4.78, 5) is 4.28. The number of halogens is 2. The molecule has 0 unspecified atom stereocenters. The first-order chi connectivity index (χ1) is 9.38. The average Bonchev–Trinajstić information content (AvgIpc) is 2.36. The van der Waals surface area contributed by atoms with Crippen molar-refractivity contribution in [3.05, 3.63) is 52.1 Å². The Hall–Kier alpha value is -1.30. The Labute approximate surface area is 127 Å². The van der Waals surface area contributed by atoms with E-state index >= 15 is 0 Å². The average molecular weight is 331 g/mol. The Bertz CT molecular complexity index is 733. The summed E-state index contributed by atoms with van der Waals surface area (Å²) in [6.45, 7) is 0.245. The molecule has 0 aliphatic carbocycles. The zero-order chi connectivity index (χ0) is 14.8. The highest BCUT2D eigenvalue weighted by Gasteiger charge is 2.15. The molecule has 0 bridgehead atoms. The molecule has 0 aliphatic heterocycles. The zero-order valence-electron chi connectivity index (χ0n) is 10.6. The SMILES string of the molecule is CS(=O)(=O)c1cccc(Cl)c1CNc1cccc(Cl)n1. The van der Waals surface area contributed by atoms with Gasteiger partial charge in [-0.15, -0.1) is 0 Å². The molecule has 0 radical (unpaired) electrons. The van der Waals surface area contributed by atoms with Crippen molar-refractivity contribution in [2.24, 2.45) is 0 Å². The molecule has 7 heteroatoms. The number of aromatic nitrogens is 1. The van der Waals surface area contributed by atoms with Crippen molar-refractivity contribution in [3.63, 3.8) is 0 Å². The molecule has 1 aromatic heterocycles. The Kier molecular flexibility index (Phi) is 4.52. The van der Waals surface area contributed by atoms with Gasteiger partial charge in [-0.05, 0) is 24.3 Å². The lowest BCUT2D eigenvalue weighted by Gasteiger charge is -2.11. The first-order valence-electron chi connectivity index (χ1n) is 5.72. The van der Waals surface area contributed by atoms with Gasteiger partial charge in [0.05, 0.1) is 4.90 Å². The van der Waals surface area contributed by atoms with Gasteiger partial charge in [0.15, 0.2) is 9.84 Å². The van der Waals surface area contributed by atoms with Crippen molar-refractivity contribution in [1.82, 2.24) is 4.98 Å². The van der Waals surface area contributed by atoms with Crippen LogP contribution in [0.1, 0.15) is 5.56 Å². The first kappa shape index (κ1) is 15.1. The Balaban J connectivity index is 2.30. The van der Waals surface area contributed by atoms with Gasteiger partial charge in [0, 0.05) is 23.4 Å². The van der Waals surface area contributed by atoms with Crippen molar-refractivity contribution in [2.45, 2.75) is 11.4 Å². The van der Waals surface area contributed by atoms with E-state index in [1.54, 1.807) is 30.3 Å². The summed E-state index contributed by atoms with van der Waals surface area (Å²) in [7, 11) is -3.34. The van der Waals surface area contributed by atoms with Gasteiger partial charge in [0.2, 0.25) is 0 Å². The van der Waals surface area contributed by atoms with Crippen LogP contribution in [0.15, 0.2) is 41.3 Å². The quantitative estimate of drug-likeness (QED) is 0.873. The third-order valence-corrected chi connectivity index (χ3v) is 4.38. The van der Waals surface area contributed by atoms with Crippen molar-refractivity contribution in [3.8, 4) is 0 Å². The molecule has 0 fully saturated rings. The zero-order valence-corrected chi connectivity index (χ0v) is 12.9. The minimum absolute atomic E-state index is 0.208. The lowest BCUT2D eigenvalue weighted by Crippen LogP contribution is -2.08. The minimum Gasteiger partial charge on any atom is -0.366 e. The highest BCUT2D eigenvalue weighted by Crippen LogP contribution is 2.25. The largest absolute Gasteiger partial charge is 0.366 e. The molecule has 1 aromatic carbocycles. The topological polar surface area (TPSA) is 59.1 Å². The van der Waals surface area contributed by atoms with Crippen LogP contribution in [0.5, 0.6) is 0 Å². The van der Waals surface area contributed by atoms with Crippen molar-refractivity contribution < 1.29 is 8.42 Å². The molecule has 0 saturated heterocycles. The molecule has 4 nitrogen and oxygen atoms in total.